The molecule has 2 aromatic heterocycles. The monoisotopic (exact) mass is 595 g/mol. The first-order valence-corrected chi connectivity index (χ1v) is 15.5. The number of benzene rings is 2. The van der Waals surface area contributed by atoms with Gasteiger partial charge in [-0.15, -0.1) is 15.9 Å². The van der Waals surface area contributed by atoms with Crippen LogP contribution >= 0.6 is 10.8 Å². The Kier molecular flexibility index (Phi) is 8.42. The molecule has 2 aromatic carbocycles. The number of carbonyl (C=O) groups is 1. The molecular formula is C30H37N5O6S. The minimum atomic E-state index is -3.40. The van der Waals surface area contributed by atoms with Gasteiger partial charge in [0.05, 0.1) is 20.1 Å². The van der Waals surface area contributed by atoms with Crippen molar-refractivity contribution in [1.29, 1.82) is 0 Å². The van der Waals surface area contributed by atoms with Gasteiger partial charge in [0.1, 0.15) is 27.8 Å². The molecule has 5 rings (SSSR count). The molecule has 0 saturated carbocycles. The zero-order chi connectivity index (χ0) is 30.2. The molecule has 1 aliphatic rings. The minimum absolute atomic E-state index is 0.149. The number of hydrogen-bond acceptors (Lipinski definition) is 9. The van der Waals surface area contributed by atoms with E-state index in [0.717, 1.165) is 33.3 Å². The number of pyridine rings is 1. The third-order valence-electron chi connectivity index (χ3n) is 7.97. The van der Waals surface area contributed by atoms with Crippen LogP contribution in [0.5, 0.6) is 11.6 Å². The molecule has 2 unspecified atom stereocenters. The second-order valence-corrected chi connectivity index (χ2v) is 12.5. The number of aliphatic carboxylic acids is 1. The highest BCUT2D eigenvalue weighted by Crippen LogP contribution is 2.57. The van der Waals surface area contributed by atoms with E-state index in [1.807, 2.05) is 52.0 Å². The molecule has 0 spiro atoms. The van der Waals surface area contributed by atoms with Crippen LogP contribution in [0.25, 0.3) is 11.0 Å². The Bertz CT molecular complexity index is 1620. The van der Waals surface area contributed by atoms with Gasteiger partial charge in [-0.1, -0.05) is 30.3 Å². The second-order valence-electron chi connectivity index (χ2n) is 10.5. The molecule has 0 amide bonds. The van der Waals surface area contributed by atoms with Crippen molar-refractivity contribution in [3.05, 3.63) is 70.4 Å². The predicted molar refractivity (Wildman–Crippen MR) is 160 cm³/mol. The maximum Gasteiger partial charge on any atom is 0.304 e. The quantitative estimate of drug-likeness (QED) is 0.218. The smallest absolute Gasteiger partial charge is 0.304 e. The van der Waals surface area contributed by atoms with Crippen molar-refractivity contribution < 1.29 is 28.5 Å². The van der Waals surface area contributed by atoms with Gasteiger partial charge in [0.25, 0.3) is 0 Å². The fourth-order valence-corrected chi connectivity index (χ4v) is 7.13. The molecule has 0 aliphatic carbocycles. The number of nitrogens with zero attached hydrogens (tertiary/aromatic N) is 5. The molecule has 224 valence electrons. The van der Waals surface area contributed by atoms with E-state index in [1.54, 1.807) is 34.4 Å². The third kappa shape index (κ3) is 5.42. The fourth-order valence-electron chi connectivity index (χ4n) is 5.56. The topological polar surface area (TPSA) is 143 Å². The summed E-state index contributed by atoms with van der Waals surface area (Å²) in [6, 6.07) is 11.0. The fraction of sp³-hybridized carbons (Fsp3) is 0.400. The van der Waals surface area contributed by atoms with E-state index in [4.69, 9.17) is 9.47 Å². The van der Waals surface area contributed by atoms with Gasteiger partial charge < -0.3 is 14.6 Å². The van der Waals surface area contributed by atoms with Gasteiger partial charge in [0.2, 0.25) is 5.88 Å². The van der Waals surface area contributed by atoms with Crippen molar-refractivity contribution in [2.75, 3.05) is 13.7 Å². The lowest BCUT2D eigenvalue weighted by Gasteiger charge is -2.41. The molecule has 0 saturated heterocycles. The first-order valence-electron chi connectivity index (χ1n) is 14.0. The van der Waals surface area contributed by atoms with Crippen LogP contribution in [0.2, 0.25) is 0 Å². The van der Waals surface area contributed by atoms with Crippen molar-refractivity contribution in [2.45, 2.75) is 70.5 Å². The number of carboxylic acid groups (broad SMARTS) is 1. The number of aromatic nitrogens is 4. The van der Waals surface area contributed by atoms with E-state index in [2.05, 4.69) is 15.3 Å². The predicted octanol–water partition coefficient (Wildman–Crippen LogP) is 5.78. The summed E-state index contributed by atoms with van der Waals surface area (Å²) in [6.07, 6.45) is 1.80. The first kappa shape index (κ1) is 29.8. The first-order chi connectivity index (χ1) is 20.1. The van der Waals surface area contributed by atoms with Gasteiger partial charge in [-0.25, -0.2) is 9.67 Å². The third-order valence-corrected chi connectivity index (χ3v) is 9.87. The molecular weight excluding hydrogens is 558 g/mol. The van der Waals surface area contributed by atoms with Gasteiger partial charge in [-0.3, -0.25) is 13.9 Å². The highest BCUT2D eigenvalue weighted by Gasteiger charge is 2.36. The summed E-state index contributed by atoms with van der Waals surface area (Å²) in [4.78, 5) is 16.7. The largest absolute Gasteiger partial charge is 0.494 e. The number of hydrogen-bond donors (Lipinski definition) is 3. The van der Waals surface area contributed by atoms with E-state index in [1.165, 1.54) is 0 Å². The van der Waals surface area contributed by atoms with Crippen LogP contribution in [0.3, 0.4) is 0 Å². The van der Waals surface area contributed by atoms with Crippen molar-refractivity contribution in [1.82, 2.24) is 24.3 Å². The van der Waals surface area contributed by atoms with Crippen molar-refractivity contribution in [3.63, 3.8) is 0 Å². The molecule has 0 bridgehead atoms. The summed E-state index contributed by atoms with van der Waals surface area (Å²) in [6.45, 7) is 8.98. The van der Waals surface area contributed by atoms with Crippen LogP contribution in [0.1, 0.15) is 60.4 Å². The Morgan fingerprint density at radius 3 is 2.69 bits per heavy atom. The molecule has 0 radical (unpaired) electrons. The maximum atomic E-state index is 12.2. The summed E-state index contributed by atoms with van der Waals surface area (Å²) >= 11 is 0. The van der Waals surface area contributed by atoms with Gasteiger partial charge in [0.15, 0.2) is 0 Å². The van der Waals surface area contributed by atoms with Crippen LogP contribution in [-0.2, 0) is 17.9 Å². The van der Waals surface area contributed by atoms with E-state index in [9.17, 15) is 19.0 Å². The zero-order valence-electron chi connectivity index (χ0n) is 24.4. The lowest BCUT2D eigenvalue weighted by Crippen LogP contribution is -2.34. The molecule has 11 nitrogen and oxygen atoms in total. The number of fused-ring (bicyclic) bond motifs is 2. The lowest BCUT2D eigenvalue weighted by molar-refractivity contribution is -0.137. The Labute approximate surface area is 246 Å². The van der Waals surface area contributed by atoms with Crippen molar-refractivity contribution in [2.24, 2.45) is 0 Å². The van der Waals surface area contributed by atoms with Crippen LogP contribution in [0.4, 0.5) is 0 Å². The number of methoxy groups -OCH3 is 1. The van der Waals surface area contributed by atoms with E-state index in [0.29, 0.717) is 24.2 Å². The molecule has 0 fully saturated rings. The average Bonchev–Trinajstić information content (AvgIpc) is 3.37. The summed E-state index contributed by atoms with van der Waals surface area (Å²) < 4.78 is 38.1. The van der Waals surface area contributed by atoms with Crippen LogP contribution in [-0.4, -0.2) is 64.2 Å². The van der Waals surface area contributed by atoms with Gasteiger partial charge in [-0.2, -0.15) is 4.31 Å². The molecule has 3 N–H and O–H groups in total. The van der Waals surface area contributed by atoms with Crippen molar-refractivity contribution in [3.8, 4) is 11.6 Å². The Morgan fingerprint density at radius 1 is 1.21 bits per heavy atom. The molecule has 12 heteroatoms. The van der Waals surface area contributed by atoms with E-state index >= 15 is 0 Å². The highest BCUT2D eigenvalue weighted by molar-refractivity contribution is 8.22. The SMILES string of the molecule is CCC1CN(Cc2cc(C(CC(=O)O)c3cc(OC)c4c(nnn4CC)c3C)ccc2C)S(O)(O)c2cccnc2O1. The van der Waals surface area contributed by atoms with Gasteiger partial charge >= 0.3 is 5.97 Å². The Hall–Kier alpha value is -3.71. The molecule has 4 aromatic rings. The normalized spacial score (nSPS) is 18.1. The molecule has 2 atom stereocenters. The molecule has 42 heavy (non-hydrogen) atoms. The number of rotatable bonds is 9. The highest BCUT2D eigenvalue weighted by atomic mass is 32.3. The van der Waals surface area contributed by atoms with E-state index in [-0.39, 0.29) is 36.4 Å². The van der Waals surface area contributed by atoms with Gasteiger partial charge in [-0.05, 0) is 73.2 Å². The number of carboxylic acids is 1. The summed E-state index contributed by atoms with van der Waals surface area (Å²) in [5.41, 5.74) is 5.67. The zero-order valence-corrected chi connectivity index (χ0v) is 25.3. The number of aryl methyl sites for hydroxylation is 3. The standard InChI is InChI=1S/C30H37N5O6S/c1-6-22-17-34(42(38,39)26-9-8-12-31-30(26)41-22)16-21-13-20(11-10-18(21)3)24(15-27(36)37)23-14-25(40-5)29-28(19(23)4)32-33-35(29)7-2/h8-14,22,24,38-39H,6-7,15-17H2,1-5H3,(H,36,37). The summed E-state index contributed by atoms with van der Waals surface area (Å²) in [5, 5.41) is 18.6. The second kappa shape index (κ2) is 11.9. The lowest BCUT2D eigenvalue weighted by atomic mass is 9.84. The van der Waals surface area contributed by atoms with Crippen LogP contribution < -0.4 is 9.47 Å². The minimum Gasteiger partial charge on any atom is -0.494 e. The summed E-state index contributed by atoms with van der Waals surface area (Å²) in [5.74, 6) is -0.630. The average molecular weight is 596 g/mol. The molecule has 1 aliphatic heterocycles. The number of ether oxygens (including phenoxy) is 2. The van der Waals surface area contributed by atoms with E-state index < -0.39 is 22.7 Å². The van der Waals surface area contributed by atoms with Crippen molar-refractivity contribution >= 4 is 27.8 Å². The Balaban J connectivity index is 1.58. The maximum absolute atomic E-state index is 12.2. The summed E-state index contributed by atoms with van der Waals surface area (Å²) in [7, 11) is -1.82. The van der Waals surface area contributed by atoms with Crippen LogP contribution in [0.15, 0.2) is 47.5 Å². The molecule has 3 heterocycles. The van der Waals surface area contributed by atoms with Crippen LogP contribution in [0, 0.1) is 13.8 Å². The Morgan fingerprint density at radius 2 is 2.00 bits per heavy atom. The van der Waals surface area contributed by atoms with Gasteiger partial charge in [0, 0.05) is 25.2 Å².